The van der Waals surface area contributed by atoms with Gasteiger partial charge in [-0.1, -0.05) is 37.5 Å². The SMILES string of the molecule is CCCCCC1=C(/C=C/[C@H](O)CCCCC(=O)O)C(=O)CC1. The van der Waals surface area contributed by atoms with Crippen LogP contribution in [0.15, 0.2) is 23.3 Å². The molecule has 124 valence electrons. The van der Waals surface area contributed by atoms with Crippen LogP contribution in [-0.4, -0.2) is 28.1 Å². The Morgan fingerprint density at radius 3 is 2.68 bits per heavy atom. The monoisotopic (exact) mass is 308 g/mol. The van der Waals surface area contributed by atoms with Crippen molar-refractivity contribution < 1.29 is 19.8 Å². The number of carboxylic acid groups (broad SMARTS) is 1. The number of carbonyl (C=O) groups excluding carboxylic acids is 1. The van der Waals surface area contributed by atoms with Crippen molar-refractivity contribution in [1.82, 2.24) is 0 Å². The fourth-order valence-corrected chi connectivity index (χ4v) is 2.72. The molecule has 0 aromatic carbocycles. The summed E-state index contributed by atoms with van der Waals surface area (Å²) in [6, 6.07) is 0. The molecule has 0 fully saturated rings. The quantitative estimate of drug-likeness (QED) is 0.569. The fraction of sp³-hybridized carbons (Fsp3) is 0.667. The van der Waals surface area contributed by atoms with E-state index in [4.69, 9.17) is 5.11 Å². The summed E-state index contributed by atoms with van der Waals surface area (Å²) in [7, 11) is 0. The zero-order valence-corrected chi connectivity index (χ0v) is 13.5. The summed E-state index contributed by atoms with van der Waals surface area (Å²) in [5, 5.41) is 18.4. The van der Waals surface area contributed by atoms with E-state index in [0.29, 0.717) is 25.7 Å². The van der Waals surface area contributed by atoms with Crippen LogP contribution >= 0.6 is 0 Å². The Hall–Kier alpha value is -1.42. The van der Waals surface area contributed by atoms with E-state index in [1.807, 2.05) is 0 Å². The van der Waals surface area contributed by atoms with Gasteiger partial charge in [0.2, 0.25) is 0 Å². The first-order valence-corrected chi connectivity index (χ1v) is 8.37. The third kappa shape index (κ3) is 7.03. The molecule has 0 saturated heterocycles. The van der Waals surface area contributed by atoms with Crippen LogP contribution in [0.4, 0.5) is 0 Å². The van der Waals surface area contributed by atoms with E-state index in [1.165, 1.54) is 18.4 Å². The average Bonchev–Trinajstić information content (AvgIpc) is 2.82. The van der Waals surface area contributed by atoms with Crippen molar-refractivity contribution in [2.24, 2.45) is 0 Å². The van der Waals surface area contributed by atoms with Crippen molar-refractivity contribution in [3.05, 3.63) is 23.3 Å². The van der Waals surface area contributed by atoms with Crippen LogP contribution in [0, 0.1) is 0 Å². The molecule has 0 aromatic rings. The lowest BCUT2D eigenvalue weighted by Crippen LogP contribution is -2.04. The number of carboxylic acids is 1. The van der Waals surface area contributed by atoms with E-state index in [9.17, 15) is 14.7 Å². The number of hydrogen-bond donors (Lipinski definition) is 2. The van der Waals surface area contributed by atoms with Gasteiger partial charge in [-0.05, 0) is 38.5 Å². The van der Waals surface area contributed by atoms with Crippen molar-refractivity contribution in [3.8, 4) is 0 Å². The Morgan fingerprint density at radius 1 is 1.23 bits per heavy atom. The Kier molecular flexibility index (Phi) is 8.75. The minimum absolute atomic E-state index is 0.141. The van der Waals surface area contributed by atoms with E-state index in [2.05, 4.69) is 6.92 Å². The maximum absolute atomic E-state index is 11.9. The summed E-state index contributed by atoms with van der Waals surface area (Å²) in [5.74, 6) is -0.621. The van der Waals surface area contributed by atoms with Gasteiger partial charge in [-0.3, -0.25) is 9.59 Å². The van der Waals surface area contributed by atoms with Gasteiger partial charge in [0.05, 0.1) is 6.10 Å². The van der Waals surface area contributed by atoms with Crippen molar-refractivity contribution >= 4 is 11.8 Å². The van der Waals surface area contributed by atoms with Gasteiger partial charge >= 0.3 is 5.97 Å². The lowest BCUT2D eigenvalue weighted by molar-refractivity contribution is -0.137. The summed E-state index contributed by atoms with van der Waals surface area (Å²) in [5.41, 5.74) is 2.02. The van der Waals surface area contributed by atoms with Crippen LogP contribution in [-0.2, 0) is 9.59 Å². The number of aliphatic carboxylic acids is 1. The summed E-state index contributed by atoms with van der Waals surface area (Å²) < 4.78 is 0. The molecular weight excluding hydrogens is 280 g/mol. The number of carbonyl (C=O) groups is 2. The molecule has 0 heterocycles. The highest BCUT2D eigenvalue weighted by atomic mass is 16.4. The summed E-state index contributed by atoms with van der Waals surface area (Å²) in [6.45, 7) is 2.16. The van der Waals surface area contributed by atoms with Gasteiger partial charge in [0.15, 0.2) is 5.78 Å². The Morgan fingerprint density at radius 2 is 2.00 bits per heavy atom. The van der Waals surface area contributed by atoms with E-state index in [1.54, 1.807) is 12.2 Å². The van der Waals surface area contributed by atoms with Crippen LogP contribution in [0.3, 0.4) is 0 Å². The molecule has 0 bridgehead atoms. The third-order valence-electron chi connectivity index (χ3n) is 4.04. The molecule has 0 aliphatic heterocycles. The van der Waals surface area contributed by atoms with Crippen molar-refractivity contribution in [3.63, 3.8) is 0 Å². The molecule has 1 aliphatic rings. The number of ketones is 1. The molecule has 0 spiro atoms. The van der Waals surface area contributed by atoms with Gasteiger partial charge < -0.3 is 10.2 Å². The smallest absolute Gasteiger partial charge is 0.303 e. The molecule has 2 N–H and O–H groups in total. The maximum atomic E-state index is 11.9. The van der Waals surface area contributed by atoms with Crippen LogP contribution in [0.25, 0.3) is 0 Å². The zero-order valence-electron chi connectivity index (χ0n) is 13.5. The van der Waals surface area contributed by atoms with E-state index in [0.717, 1.165) is 24.8 Å². The Bertz CT molecular complexity index is 434. The number of unbranched alkanes of at least 4 members (excludes halogenated alkanes) is 3. The molecule has 0 aromatic heterocycles. The first-order valence-electron chi connectivity index (χ1n) is 8.37. The highest BCUT2D eigenvalue weighted by Crippen LogP contribution is 2.28. The second-order valence-electron chi connectivity index (χ2n) is 5.96. The van der Waals surface area contributed by atoms with Crippen LogP contribution < -0.4 is 0 Å². The molecule has 0 amide bonds. The number of rotatable bonds is 11. The predicted octanol–water partition coefficient (Wildman–Crippen LogP) is 3.79. The first kappa shape index (κ1) is 18.6. The number of allylic oxidation sites excluding steroid dienone is 3. The summed E-state index contributed by atoms with van der Waals surface area (Å²) >= 11 is 0. The van der Waals surface area contributed by atoms with Crippen LogP contribution in [0.2, 0.25) is 0 Å². The number of aliphatic hydroxyl groups excluding tert-OH is 1. The Labute approximate surface area is 132 Å². The highest BCUT2D eigenvalue weighted by Gasteiger charge is 2.20. The molecule has 0 unspecified atom stereocenters. The zero-order chi connectivity index (χ0) is 16.4. The molecule has 1 rings (SSSR count). The molecular formula is C18H28O4. The van der Waals surface area contributed by atoms with Gasteiger partial charge in [0.1, 0.15) is 0 Å². The number of Topliss-reactive ketones (excluding diaryl/α,β-unsaturated/α-hetero) is 1. The normalized spacial score (nSPS) is 16.7. The summed E-state index contributed by atoms with van der Waals surface area (Å²) in [6.07, 6.45) is 10.7. The predicted molar refractivity (Wildman–Crippen MR) is 86.7 cm³/mol. The standard InChI is InChI=1S/C18H28O4/c1-2-3-4-7-14-10-13-17(20)16(14)12-11-15(19)8-5-6-9-18(21)22/h11-12,15,19H,2-10,13H2,1H3,(H,21,22)/b12-11+/t15-/m1/s1. The maximum Gasteiger partial charge on any atom is 0.303 e. The average molecular weight is 308 g/mol. The van der Waals surface area contributed by atoms with Crippen molar-refractivity contribution in [2.75, 3.05) is 0 Å². The molecule has 1 atom stereocenters. The number of hydrogen-bond acceptors (Lipinski definition) is 3. The lowest BCUT2D eigenvalue weighted by Gasteiger charge is -2.06. The van der Waals surface area contributed by atoms with Gasteiger partial charge in [-0.25, -0.2) is 0 Å². The summed E-state index contributed by atoms with van der Waals surface area (Å²) in [4.78, 5) is 22.3. The van der Waals surface area contributed by atoms with Crippen LogP contribution in [0.1, 0.15) is 71.1 Å². The molecule has 0 saturated carbocycles. The topological polar surface area (TPSA) is 74.6 Å². The minimum atomic E-state index is -0.802. The fourth-order valence-electron chi connectivity index (χ4n) is 2.72. The molecule has 22 heavy (non-hydrogen) atoms. The molecule has 1 aliphatic carbocycles. The first-order chi connectivity index (χ1) is 10.5. The highest BCUT2D eigenvalue weighted by molar-refractivity contribution is 6.01. The molecule has 4 nitrogen and oxygen atoms in total. The Balaban J connectivity index is 2.44. The van der Waals surface area contributed by atoms with Gasteiger partial charge in [-0.15, -0.1) is 0 Å². The molecule has 4 heteroatoms. The van der Waals surface area contributed by atoms with E-state index in [-0.39, 0.29) is 12.2 Å². The number of aliphatic hydroxyl groups is 1. The largest absolute Gasteiger partial charge is 0.481 e. The van der Waals surface area contributed by atoms with Crippen molar-refractivity contribution in [2.45, 2.75) is 77.2 Å². The van der Waals surface area contributed by atoms with Crippen LogP contribution in [0.5, 0.6) is 0 Å². The lowest BCUT2D eigenvalue weighted by atomic mass is 10.0. The third-order valence-corrected chi connectivity index (χ3v) is 4.04. The van der Waals surface area contributed by atoms with E-state index >= 15 is 0 Å². The van der Waals surface area contributed by atoms with Crippen molar-refractivity contribution in [1.29, 1.82) is 0 Å². The van der Waals surface area contributed by atoms with E-state index < -0.39 is 12.1 Å². The van der Waals surface area contributed by atoms with Gasteiger partial charge in [0.25, 0.3) is 0 Å². The molecule has 0 radical (unpaired) electrons. The second kappa shape index (κ2) is 10.3. The van der Waals surface area contributed by atoms with Gasteiger partial charge in [0, 0.05) is 18.4 Å². The second-order valence-corrected chi connectivity index (χ2v) is 5.96. The van der Waals surface area contributed by atoms with Gasteiger partial charge in [-0.2, -0.15) is 0 Å². The minimum Gasteiger partial charge on any atom is -0.481 e.